The maximum Gasteiger partial charge on any atom is 0.0535 e. The van der Waals surface area contributed by atoms with Crippen LogP contribution in [0.1, 0.15) is 22.3 Å². The van der Waals surface area contributed by atoms with Crippen molar-refractivity contribution in [1.82, 2.24) is 0 Å². The van der Waals surface area contributed by atoms with E-state index in [1.165, 1.54) is 22.3 Å². The first-order valence-electron chi connectivity index (χ1n) is 12.3. The van der Waals surface area contributed by atoms with Gasteiger partial charge >= 0.3 is 0 Å². The average Bonchev–Trinajstić information content (AvgIpc) is 3.64. The summed E-state index contributed by atoms with van der Waals surface area (Å²) in [6, 6.07) is 44.1. The molecule has 0 nitrogen and oxygen atoms in total. The zero-order valence-corrected chi connectivity index (χ0v) is 19.7. The van der Waals surface area contributed by atoms with E-state index in [4.69, 9.17) is 0 Å². The molecule has 0 atom stereocenters. The van der Waals surface area contributed by atoms with E-state index in [9.17, 15) is 0 Å². The fraction of sp³-hybridized carbons (Fsp3) is 0.0857. The zero-order valence-electron chi connectivity index (χ0n) is 19.7. The molecule has 4 aromatic rings. The molecule has 0 fully saturated rings. The van der Waals surface area contributed by atoms with Gasteiger partial charge in [-0.1, -0.05) is 170 Å². The van der Waals surface area contributed by atoms with Gasteiger partial charge in [-0.05, 0) is 22.3 Å². The summed E-state index contributed by atoms with van der Waals surface area (Å²) < 4.78 is 0. The quantitative estimate of drug-likeness (QED) is 0.279. The Labute approximate surface area is 208 Å². The minimum Gasteiger partial charge on any atom is -0.0689 e. The van der Waals surface area contributed by atoms with Gasteiger partial charge in [0.1, 0.15) is 0 Å². The van der Waals surface area contributed by atoms with Crippen molar-refractivity contribution in [1.29, 1.82) is 0 Å². The van der Waals surface area contributed by atoms with Crippen LogP contribution >= 0.6 is 0 Å². The van der Waals surface area contributed by atoms with Crippen LogP contribution in [-0.2, 0) is 16.2 Å². The van der Waals surface area contributed by atoms with Crippen molar-refractivity contribution in [2.45, 2.75) is 16.2 Å². The second-order valence-electron chi connectivity index (χ2n) is 9.39. The van der Waals surface area contributed by atoms with Crippen LogP contribution in [0.25, 0.3) is 0 Å². The Balaban J connectivity index is 1.85. The zero-order chi connectivity index (χ0) is 23.6. The SMILES string of the molecule is C1=CC(c2ccccc2)(C(c2ccccc2)(c2ccccc2)C2(c3ccccc3)C=CC=C2)C=C1. The standard InChI is InChI=1S/C35H28/c1-5-17-29(18-6-1)33(25-13-14-26-33)35(31-21-9-3-10-22-31,32-23-11-4-12-24-32)34(27-15-16-28-34)30-19-7-2-8-20-30/h1-28H. The molecule has 0 bridgehead atoms. The summed E-state index contributed by atoms with van der Waals surface area (Å²) in [6.45, 7) is 0. The Morgan fingerprint density at radius 2 is 0.629 bits per heavy atom. The maximum absolute atomic E-state index is 2.41. The molecule has 0 saturated carbocycles. The lowest BCUT2D eigenvalue weighted by Crippen LogP contribution is -2.59. The Kier molecular flexibility index (Phi) is 5.23. The molecule has 6 rings (SSSR count). The highest BCUT2D eigenvalue weighted by Crippen LogP contribution is 2.63. The van der Waals surface area contributed by atoms with Gasteiger partial charge in [-0.3, -0.25) is 0 Å². The number of allylic oxidation sites excluding steroid dienone is 8. The van der Waals surface area contributed by atoms with Crippen molar-refractivity contribution in [3.63, 3.8) is 0 Å². The smallest absolute Gasteiger partial charge is 0.0535 e. The van der Waals surface area contributed by atoms with Crippen molar-refractivity contribution < 1.29 is 0 Å². The molecular formula is C35H28. The Morgan fingerprint density at radius 1 is 0.343 bits per heavy atom. The van der Waals surface area contributed by atoms with Gasteiger partial charge in [-0.15, -0.1) is 0 Å². The summed E-state index contributed by atoms with van der Waals surface area (Å²) in [4.78, 5) is 0. The van der Waals surface area contributed by atoms with Gasteiger partial charge in [0, 0.05) is 10.8 Å². The van der Waals surface area contributed by atoms with E-state index in [0.717, 1.165) is 0 Å². The summed E-state index contributed by atoms with van der Waals surface area (Å²) in [7, 11) is 0. The summed E-state index contributed by atoms with van der Waals surface area (Å²) >= 11 is 0. The molecule has 0 spiro atoms. The van der Waals surface area contributed by atoms with Gasteiger partial charge in [-0.2, -0.15) is 0 Å². The predicted molar refractivity (Wildman–Crippen MR) is 146 cm³/mol. The highest BCUT2D eigenvalue weighted by Gasteiger charge is 2.63. The number of hydrogen-bond donors (Lipinski definition) is 0. The molecule has 0 radical (unpaired) electrons. The molecule has 35 heavy (non-hydrogen) atoms. The molecule has 0 aliphatic heterocycles. The lowest BCUT2D eigenvalue weighted by Gasteiger charge is -2.57. The molecule has 0 unspecified atom stereocenters. The molecular weight excluding hydrogens is 420 g/mol. The third-order valence-electron chi connectivity index (χ3n) is 7.82. The summed E-state index contributed by atoms with van der Waals surface area (Å²) in [5, 5.41) is 0. The lowest BCUT2D eigenvalue weighted by atomic mass is 9.43. The third-order valence-corrected chi connectivity index (χ3v) is 7.82. The topological polar surface area (TPSA) is 0 Å². The Hall–Kier alpha value is -4.16. The molecule has 0 heterocycles. The van der Waals surface area contributed by atoms with Gasteiger partial charge in [0.2, 0.25) is 0 Å². The number of hydrogen-bond acceptors (Lipinski definition) is 0. The lowest BCUT2D eigenvalue weighted by molar-refractivity contribution is 0.289. The first-order chi connectivity index (χ1) is 17.3. The molecule has 2 aliphatic carbocycles. The number of rotatable bonds is 6. The van der Waals surface area contributed by atoms with E-state index in [1.54, 1.807) is 0 Å². The van der Waals surface area contributed by atoms with Crippen LogP contribution in [0.4, 0.5) is 0 Å². The summed E-state index contributed by atoms with van der Waals surface area (Å²) in [5.41, 5.74) is 3.77. The summed E-state index contributed by atoms with van der Waals surface area (Å²) in [6.07, 6.45) is 18.5. The molecule has 168 valence electrons. The van der Waals surface area contributed by atoms with Gasteiger partial charge < -0.3 is 0 Å². The molecule has 4 aromatic carbocycles. The minimum atomic E-state index is -0.502. The van der Waals surface area contributed by atoms with Crippen LogP contribution < -0.4 is 0 Å². The molecule has 0 N–H and O–H groups in total. The van der Waals surface area contributed by atoms with Crippen molar-refractivity contribution in [2.24, 2.45) is 0 Å². The largest absolute Gasteiger partial charge is 0.0689 e. The van der Waals surface area contributed by atoms with E-state index in [1.807, 2.05) is 0 Å². The molecule has 0 amide bonds. The first-order valence-corrected chi connectivity index (χ1v) is 12.3. The van der Waals surface area contributed by atoms with Crippen LogP contribution in [-0.4, -0.2) is 0 Å². The fourth-order valence-electron chi connectivity index (χ4n) is 6.53. The van der Waals surface area contributed by atoms with Crippen molar-refractivity contribution in [2.75, 3.05) is 0 Å². The predicted octanol–water partition coefficient (Wildman–Crippen LogP) is 8.10. The van der Waals surface area contributed by atoms with Crippen LogP contribution in [0, 0.1) is 0 Å². The Morgan fingerprint density at radius 3 is 0.943 bits per heavy atom. The van der Waals surface area contributed by atoms with Crippen molar-refractivity contribution >= 4 is 0 Å². The Bertz CT molecular complexity index is 1270. The molecule has 0 heteroatoms. The van der Waals surface area contributed by atoms with Gasteiger partial charge in [0.25, 0.3) is 0 Å². The third kappa shape index (κ3) is 3.00. The molecule has 0 saturated heterocycles. The van der Waals surface area contributed by atoms with E-state index < -0.39 is 16.2 Å². The summed E-state index contributed by atoms with van der Waals surface area (Å²) in [5.74, 6) is 0. The average molecular weight is 449 g/mol. The molecule has 0 aromatic heterocycles. The molecule has 2 aliphatic rings. The highest BCUT2D eigenvalue weighted by atomic mass is 14.6. The van der Waals surface area contributed by atoms with Crippen LogP contribution in [0.15, 0.2) is 170 Å². The normalized spacial score (nSPS) is 17.1. The monoisotopic (exact) mass is 448 g/mol. The van der Waals surface area contributed by atoms with E-state index in [-0.39, 0.29) is 0 Å². The first kappa shape index (κ1) is 21.4. The van der Waals surface area contributed by atoms with Gasteiger partial charge in [0.15, 0.2) is 0 Å². The maximum atomic E-state index is 2.41. The minimum absolute atomic E-state index is 0.425. The highest BCUT2D eigenvalue weighted by molar-refractivity contribution is 5.67. The van der Waals surface area contributed by atoms with Gasteiger partial charge in [-0.25, -0.2) is 0 Å². The van der Waals surface area contributed by atoms with Crippen molar-refractivity contribution in [3.05, 3.63) is 192 Å². The van der Waals surface area contributed by atoms with Crippen LogP contribution in [0.5, 0.6) is 0 Å². The second kappa shape index (κ2) is 8.56. The fourth-order valence-corrected chi connectivity index (χ4v) is 6.53. The van der Waals surface area contributed by atoms with Crippen molar-refractivity contribution in [3.8, 4) is 0 Å². The number of benzene rings is 4. The van der Waals surface area contributed by atoms with Crippen LogP contribution in [0.3, 0.4) is 0 Å². The van der Waals surface area contributed by atoms with E-state index >= 15 is 0 Å². The van der Waals surface area contributed by atoms with Gasteiger partial charge in [0.05, 0.1) is 5.41 Å². The van der Waals surface area contributed by atoms with E-state index in [0.29, 0.717) is 0 Å². The van der Waals surface area contributed by atoms with E-state index in [2.05, 4.69) is 170 Å². The van der Waals surface area contributed by atoms with Crippen LogP contribution in [0.2, 0.25) is 0 Å². The second-order valence-corrected chi connectivity index (χ2v) is 9.39.